The lowest BCUT2D eigenvalue weighted by molar-refractivity contribution is -0.141. The van der Waals surface area contributed by atoms with E-state index < -0.39 is 29.0 Å². The zero-order valence-corrected chi connectivity index (χ0v) is 25.8. The molecule has 1 aliphatic carbocycles. The minimum Gasteiger partial charge on any atom is -0.339 e. The molecule has 2 N–H and O–H groups in total. The van der Waals surface area contributed by atoms with Gasteiger partial charge in [-0.1, -0.05) is 64.7 Å². The summed E-state index contributed by atoms with van der Waals surface area (Å²) in [5.74, 6) is -1.85. The van der Waals surface area contributed by atoms with Crippen molar-refractivity contribution in [2.24, 2.45) is 5.92 Å². The zero-order chi connectivity index (χ0) is 29.3. The largest absolute Gasteiger partial charge is 0.339 e. The molecule has 41 heavy (non-hydrogen) atoms. The van der Waals surface area contributed by atoms with Crippen molar-refractivity contribution in [1.29, 1.82) is 0 Å². The number of hydrogen-bond donors (Lipinski definition) is 2. The molecule has 3 fully saturated rings. The molecular weight excluding hydrogens is 585 g/mol. The van der Waals surface area contributed by atoms with Crippen LogP contribution in [0.2, 0.25) is 10.0 Å². The quantitative estimate of drug-likeness (QED) is 0.475. The average molecular weight is 620 g/mol. The molecule has 2 aromatic rings. The lowest BCUT2D eigenvalue weighted by atomic mass is 9.67. The second kappa shape index (κ2) is 10.5. The van der Waals surface area contributed by atoms with E-state index in [1.165, 1.54) is 12.1 Å². The van der Waals surface area contributed by atoms with E-state index in [1.54, 1.807) is 17.0 Å². The van der Waals surface area contributed by atoms with Crippen molar-refractivity contribution in [2.75, 3.05) is 31.5 Å². The first-order valence-electron chi connectivity index (χ1n) is 14.1. The van der Waals surface area contributed by atoms with Crippen molar-refractivity contribution in [3.05, 3.63) is 63.4 Å². The van der Waals surface area contributed by atoms with Crippen LogP contribution in [0.15, 0.2) is 36.4 Å². The lowest BCUT2D eigenvalue weighted by Crippen LogP contribution is -2.55. The summed E-state index contributed by atoms with van der Waals surface area (Å²) in [4.78, 5) is 44.9. The van der Waals surface area contributed by atoms with E-state index in [0.29, 0.717) is 42.5 Å². The van der Waals surface area contributed by atoms with Gasteiger partial charge in [-0.15, -0.1) is 0 Å². The van der Waals surface area contributed by atoms with E-state index in [4.69, 9.17) is 23.2 Å². The van der Waals surface area contributed by atoms with Gasteiger partial charge in [0.2, 0.25) is 17.7 Å². The van der Waals surface area contributed by atoms with Gasteiger partial charge in [-0.05, 0) is 53.4 Å². The number of anilines is 1. The van der Waals surface area contributed by atoms with Gasteiger partial charge in [0.05, 0.1) is 11.1 Å². The van der Waals surface area contributed by atoms with Crippen molar-refractivity contribution in [1.82, 2.24) is 15.1 Å². The van der Waals surface area contributed by atoms with E-state index in [2.05, 4.69) is 31.4 Å². The molecular formula is C30H34Cl2FN4O3P. The Morgan fingerprint density at radius 2 is 1.68 bits per heavy atom. The second-order valence-electron chi connectivity index (χ2n) is 12.6. The van der Waals surface area contributed by atoms with Crippen LogP contribution in [0.25, 0.3) is 0 Å². The first kappa shape index (κ1) is 28.9. The van der Waals surface area contributed by atoms with Gasteiger partial charge in [0.15, 0.2) is 0 Å². The number of halogens is 3. The number of carbonyl (C=O) groups is 3. The average Bonchev–Trinajstić information content (AvgIpc) is 3.66. The van der Waals surface area contributed by atoms with Crippen molar-refractivity contribution in [3.8, 4) is 0 Å². The fourth-order valence-electron chi connectivity index (χ4n) is 6.68. The summed E-state index contributed by atoms with van der Waals surface area (Å²) in [5, 5.41) is 6.79. The molecule has 1 spiro atoms. The predicted octanol–water partition coefficient (Wildman–Crippen LogP) is 4.96. The maximum atomic E-state index is 15.1. The summed E-state index contributed by atoms with van der Waals surface area (Å²) in [6.07, 6.45) is 1.89. The number of carbonyl (C=O) groups excluding carboxylic acids is 3. The fourth-order valence-corrected chi connectivity index (χ4v) is 8.86. The van der Waals surface area contributed by atoms with E-state index >= 15 is 4.39 Å². The first-order chi connectivity index (χ1) is 19.4. The second-order valence-corrected chi connectivity index (χ2v) is 15.8. The van der Waals surface area contributed by atoms with Crippen molar-refractivity contribution >= 4 is 55.2 Å². The number of nitrogens with zero attached hydrogens (tertiary/aromatic N) is 2. The van der Waals surface area contributed by atoms with Gasteiger partial charge in [0, 0.05) is 54.5 Å². The molecule has 4 aliphatic rings. The lowest BCUT2D eigenvalue weighted by Gasteiger charge is -2.39. The third-order valence-electron chi connectivity index (χ3n) is 8.64. The minimum atomic E-state index is -1.28. The highest BCUT2D eigenvalue weighted by molar-refractivity contribution is 7.41. The van der Waals surface area contributed by atoms with Crippen LogP contribution in [0, 0.1) is 11.7 Å². The molecule has 2 aromatic carbocycles. The zero-order valence-electron chi connectivity index (χ0n) is 23.3. The number of fused-ring (bicyclic) bond motifs is 2. The smallest absolute Gasteiger partial charge is 0.240 e. The molecule has 218 valence electrons. The van der Waals surface area contributed by atoms with Crippen LogP contribution < -0.4 is 10.6 Å². The molecule has 0 aromatic heterocycles. The Morgan fingerprint density at radius 1 is 1.02 bits per heavy atom. The normalized spacial score (nSPS) is 28.0. The highest BCUT2D eigenvalue weighted by atomic mass is 35.5. The number of piperazine rings is 1. The summed E-state index contributed by atoms with van der Waals surface area (Å²) in [7, 11) is 0.221. The van der Waals surface area contributed by atoms with Crippen molar-refractivity contribution in [3.63, 3.8) is 0 Å². The molecule has 1 unspecified atom stereocenters. The Hall–Kier alpha value is -2.25. The fraction of sp³-hybridized carbons (Fsp3) is 0.500. The standard InChI is InChI=1S/C30H34Cl2FN4O3P/c1-29(2,3)41-28-30(19-14-21(33)20(32)15-22(19)34-27(30)40)23(17-5-4-6-18(31)13-17)24(35-28)26(39)37-11-9-36(10-12-37)25(38)16-7-8-16/h4-6,13-16,23-24,28,35,41H,7-12H2,1-3H3,(H,34,40)/t23-,24+,28+,30-/m0/s1. The molecule has 6 rings (SSSR count). The maximum Gasteiger partial charge on any atom is 0.240 e. The molecule has 7 nitrogen and oxygen atoms in total. The van der Waals surface area contributed by atoms with Gasteiger partial charge < -0.3 is 15.1 Å². The number of amides is 3. The summed E-state index contributed by atoms with van der Waals surface area (Å²) < 4.78 is 15.1. The monoisotopic (exact) mass is 618 g/mol. The van der Waals surface area contributed by atoms with E-state index in [1.807, 2.05) is 17.0 Å². The highest BCUT2D eigenvalue weighted by Gasteiger charge is 2.66. The van der Waals surface area contributed by atoms with E-state index in [-0.39, 0.29) is 42.4 Å². The predicted molar refractivity (Wildman–Crippen MR) is 161 cm³/mol. The number of hydrogen-bond acceptors (Lipinski definition) is 4. The third-order valence-corrected chi connectivity index (χ3v) is 10.9. The van der Waals surface area contributed by atoms with Crippen LogP contribution in [-0.2, 0) is 19.8 Å². The molecule has 1 saturated carbocycles. The first-order valence-corrected chi connectivity index (χ1v) is 15.9. The summed E-state index contributed by atoms with van der Waals surface area (Å²) >= 11 is 12.6. The summed E-state index contributed by atoms with van der Waals surface area (Å²) in [6, 6.07) is 9.28. The van der Waals surface area contributed by atoms with Crippen LogP contribution in [0.1, 0.15) is 50.7 Å². The van der Waals surface area contributed by atoms with Crippen LogP contribution in [0.3, 0.4) is 0 Å². The Labute approximate surface area is 251 Å². The maximum absolute atomic E-state index is 15.1. The molecule has 5 atom stereocenters. The SMILES string of the molecule is CC(C)(C)P[C@H]1N[C@@H](C(=O)N2CCN(C(=O)C3CC3)CC2)[C@H](c2cccc(Cl)c2)[C@@]12C(=O)Nc1cc(Cl)c(F)cc12. The van der Waals surface area contributed by atoms with Crippen LogP contribution >= 0.6 is 31.8 Å². The topological polar surface area (TPSA) is 81.8 Å². The number of nitrogens with one attached hydrogen (secondary N) is 2. The molecule has 11 heteroatoms. The summed E-state index contributed by atoms with van der Waals surface area (Å²) in [5.41, 5.74) is 0.407. The number of rotatable bonds is 4. The van der Waals surface area contributed by atoms with Gasteiger partial charge in [-0.3, -0.25) is 19.7 Å². The molecule has 0 radical (unpaired) electrons. The van der Waals surface area contributed by atoms with Crippen molar-refractivity contribution in [2.45, 2.75) is 61.9 Å². The van der Waals surface area contributed by atoms with Gasteiger partial charge in [-0.2, -0.15) is 0 Å². The van der Waals surface area contributed by atoms with Crippen molar-refractivity contribution < 1.29 is 18.8 Å². The van der Waals surface area contributed by atoms with Crippen LogP contribution in [-0.4, -0.2) is 70.7 Å². The van der Waals surface area contributed by atoms with E-state index in [9.17, 15) is 14.4 Å². The van der Waals surface area contributed by atoms with Crippen LogP contribution in [0.4, 0.5) is 10.1 Å². The molecule has 0 bridgehead atoms. The van der Waals surface area contributed by atoms with Gasteiger partial charge in [0.25, 0.3) is 0 Å². The molecule has 3 heterocycles. The molecule has 3 aliphatic heterocycles. The Balaban J connectivity index is 1.44. The summed E-state index contributed by atoms with van der Waals surface area (Å²) in [6.45, 7) is 8.10. The molecule has 3 amide bonds. The Morgan fingerprint density at radius 3 is 2.29 bits per heavy atom. The number of benzene rings is 2. The molecule has 2 saturated heterocycles. The van der Waals surface area contributed by atoms with Gasteiger partial charge >= 0.3 is 0 Å². The van der Waals surface area contributed by atoms with E-state index in [0.717, 1.165) is 18.4 Å². The van der Waals surface area contributed by atoms with Gasteiger partial charge in [0.1, 0.15) is 11.2 Å². The van der Waals surface area contributed by atoms with Gasteiger partial charge in [-0.25, -0.2) is 4.39 Å². The Kier molecular flexibility index (Phi) is 7.37. The Bertz CT molecular complexity index is 1420. The third kappa shape index (κ3) is 5.05. The van der Waals surface area contributed by atoms with Crippen LogP contribution in [0.5, 0.6) is 0 Å². The minimum absolute atomic E-state index is 0.0765. The highest BCUT2D eigenvalue weighted by Crippen LogP contribution is 2.60.